The molecule has 0 saturated heterocycles. The zero-order valence-corrected chi connectivity index (χ0v) is 15.9. The molecule has 0 saturated carbocycles. The van der Waals surface area contributed by atoms with Crippen LogP contribution in [0.5, 0.6) is 0 Å². The molecule has 0 spiro atoms. The van der Waals surface area contributed by atoms with E-state index in [0.29, 0.717) is 4.90 Å². The average Bonchev–Trinajstić information content (AvgIpc) is 3.23. The van der Waals surface area contributed by atoms with Crippen LogP contribution in [0.3, 0.4) is 0 Å². The van der Waals surface area contributed by atoms with Crippen LogP contribution in [-0.4, -0.2) is 18.1 Å². The van der Waals surface area contributed by atoms with Crippen molar-refractivity contribution in [1.82, 2.24) is 0 Å². The van der Waals surface area contributed by atoms with Crippen molar-refractivity contribution in [2.75, 3.05) is 16.9 Å². The lowest BCUT2D eigenvalue weighted by atomic mass is 10.1. The van der Waals surface area contributed by atoms with Crippen LogP contribution in [-0.2, 0) is 6.18 Å². The second-order valence-electron chi connectivity index (χ2n) is 5.88. The first kappa shape index (κ1) is 20.5. The molecular formula is C20H15F3N2O3S. The molecule has 2 amide bonds. The maximum Gasteiger partial charge on any atom is 0.418 e. The number of carbonyl (C=O) groups excluding carboxylic acids is 2. The molecule has 0 aliphatic carbocycles. The molecular weight excluding hydrogens is 405 g/mol. The van der Waals surface area contributed by atoms with E-state index in [1.165, 1.54) is 42.5 Å². The fourth-order valence-electron chi connectivity index (χ4n) is 2.58. The van der Waals surface area contributed by atoms with Crippen LogP contribution in [0, 0.1) is 0 Å². The number of hydrogen-bond acceptors (Lipinski definition) is 4. The molecule has 29 heavy (non-hydrogen) atoms. The standard InChI is InChI=1S/C20H15F3N2O3S/c1-29-17-5-3-2-4-14(17)19(27)25-16-7-6-13(10-15(16)20(21,22)23)24-18(26)12-8-9-28-11-12/h2-11H,1H3,(H,24,26)(H,25,27). The van der Waals surface area contributed by atoms with E-state index in [2.05, 4.69) is 10.6 Å². The lowest BCUT2D eigenvalue weighted by Gasteiger charge is -2.16. The van der Waals surface area contributed by atoms with Crippen LogP contribution in [0.4, 0.5) is 24.5 Å². The Hall–Kier alpha value is -3.20. The molecule has 1 heterocycles. The number of carbonyl (C=O) groups is 2. The molecule has 1 aromatic heterocycles. The summed E-state index contributed by atoms with van der Waals surface area (Å²) >= 11 is 1.31. The molecule has 0 bridgehead atoms. The molecule has 0 aliphatic heterocycles. The topological polar surface area (TPSA) is 71.3 Å². The highest BCUT2D eigenvalue weighted by Crippen LogP contribution is 2.37. The summed E-state index contributed by atoms with van der Waals surface area (Å²) in [7, 11) is 0. The summed E-state index contributed by atoms with van der Waals surface area (Å²) < 4.78 is 45.4. The van der Waals surface area contributed by atoms with Gasteiger partial charge in [-0.1, -0.05) is 12.1 Å². The fourth-order valence-corrected chi connectivity index (χ4v) is 3.18. The highest BCUT2D eigenvalue weighted by molar-refractivity contribution is 7.98. The molecule has 150 valence electrons. The van der Waals surface area contributed by atoms with E-state index in [9.17, 15) is 22.8 Å². The Morgan fingerprint density at radius 2 is 1.76 bits per heavy atom. The lowest BCUT2D eigenvalue weighted by molar-refractivity contribution is -0.136. The van der Waals surface area contributed by atoms with E-state index >= 15 is 0 Å². The van der Waals surface area contributed by atoms with E-state index < -0.39 is 29.2 Å². The number of benzene rings is 2. The second-order valence-corrected chi connectivity index (χ2v) is 6.73. The number of furan rings is 1. The van der Waals surface area contributed by atoms with Gasteiger partial charge in [0, 0.05) is 10.6 Å². The summed E-state index contributed by atoms with van der Waals surface area (Å²) in [5.41, 5.74) is -1.10. The summed E-state index contributed by atoms with van der Waals surface area (Å²) in [6.07, 6.45) is -0.512. The Morgan fingerprint density at radius 1 is 1.00 bits per heavy atom. The van der Waals surface area contributed by atoms with Crippen LogP contribution >= 0.6 is 11.8 Å². The van der Waals surface area contributed by atoms with E-state index in [4.69, 9.17) is 4.42 Å². The Morgan fingerprint density at radius 3 is 2.41 bits per heavy atom. The third-order valence-electron chi connectivity index (χ3n) is 3.97. The molecule has 2 aromatic carbocycles. The van der Waals surface area contributed by atoms with Gasteiger partial charge in [-0.05, 0) is 42.7 Å². The first-order valence-electron chi connectivity index (χ1n) is 8.29. The van der Waals surface area contributed by atoms with Gasteiger partial charge in [-0.3, -0.25) is 9.59 Å². The van der Waals surface area contributed by atoms with Crippen molar-refractivity contribution >= 4 is 35.0 Å². The first-order chi connectivity index (χ1) is 13.8. The Bertz CT molecular complexity index is 1030. The molecule has 0 radical (unpaired) electrons. The maximum absolute atomic E-state index is 13.6. The first-order valence-corrected chi connectivity index (χ1v) is 9.51. The number of rotatable bonds is 5. The van der Waals surface area contributed by atoms with Crippen LogP contribution < -0.4 is 10.6 Å². The van der Waals surface area contributed by atoms with Crippen molar-refractivity contribution in [3.8, 4) is 0 Å². The van der Waals surface area contributed by atoms with E-state index in [0.717, 1.165) is 12.1 Å². The van der Waals surface area contributed by atoms with Gasteiger partial charge >= 0.3 is 6.18 Å². The zero-order valence-electron chi connectivity index (χ0n) is 15.0. The van der Waals surface area contributed by atoms with Crippen molar-refractivity contribution < 1.29 is 27.2 Å². The minimum absolute atomic E-state index is 0.0639. The maximum atomic E-state index is 13.6. The number of hydrogen-bond donors (Lipinski definition) is 2. The van der Waals surface area contributed by atoms with Crippen molar-refractivity contribution in [3.05, 3.63) is 77.7 Å². The number of alkyl halides is 3. The molecule has 3 rings (SSSR count). The van der Waals surface area contributed by atoms with Crippen molar-refractivity contribution in [3.63, 3.8) is 0 Å². The highest BCUT2D eigenvalue weighted by atomic mass is 32.2. The van der Waals surface area contributed by atoms with Gasteiger partial charge in [0.25, 0.3) is 11.8 Å². The van der Waals surface area contributed by atoms with Gasteiger partial charge in [-0.25, -0.2) is 0 Å². The number of amides is 2. The third kappa shape index (κ3) is 4.80. The summed E-state index contributed by atoms with van der Waals surface area (Å²) in [5.74, 6) is -1.27. The van der Waals surface area contributed by atoms with Crippen LogP contribution in [0.2, 0.25) is 0 Å². The fraction of sp³-hybridized carbons (Fsp3) is 0.100. The summed E-state index contributed by atoms with van der Waals surface area (Å²) in [4.78, 5) is 25.2. The second kappa shape index (κ2) is 8.44. The molecule has 5 nitrogen and oxygen atoms in total. The number of nitrogens with one attached hydrogen (secondary N) is 2. The van der Waals surface area contributed by atoms with E-state index in [1.807, 2.05) is 0 Å². The van der Waals surface area contributed by atoms with Crippen molar-refractivity contribution in [2.45, 2.75) is 11.1 Å². The predicted molar refractivity (Wildman–Crippen MR) is 104 cm³/mol. The Labute approximate surface area is 168 Å². The van der Waals surface area contributed by atoms with E-state index in [-0.39, 0.29) is 16.8 Å². The SMILES string of the molecule is CSc1ccccc1C(=O)Nc1ccc(NC(=O)c2ccoc2)cc1C(F)(F)F. The molecule has 0 fully saturated rings. The largest absolute Gasteiger partial charge is 0.472 e. The molecule has 2 N–H and O–H groups in total. The predicted octanol–water partition coefficient (Wildman–Crippen LogP) is 5.52. The number of halogens is 3. The minimum Gasteiger partial charge on any atom is -0.472 e. The molecule has 0 aliphatic rings. The number of anilines is 2. The van der Waals surface area contributed by atoms with Crippen LogP contribution in [0.1, 0.15) is 26.3 Å². The lowest BCUT2D eigenvalue weighted by Crippen LogP contribution is -2.18. The van der Waals surface area contributed by atoms with Crippen molar-refractivity contribution in [1.29, 1.82) is 0 Å². The van der Waals surface area contributed by atoms with Gasteiger partial charge in [-0.15, -0.1) is 11.8 Å². The van der Waals surface area contributed by atoms with E-state index in [1.54, 1.807) is 24.5 Å². The van der Waals surface area contributed by atoms with Gasteiger partial charge in [0.2, 0.25) is 0 Å². The van der Waals surface area contributed by atoms with Crippen molar-refractivity contribution in [2.24, 2.45) is 0 Å². The van der Waals surface area contributed by atoms with Gasteiger partial charge in [0.15, 0.2) is 0 Å². The van der Waals surface area contributed by atoms with Gasteiger partial charge in [-0.2, -0.15) is 13.2 Å². The highest BCUT2D eigenvalue weighted by Gasteiger charge is 2.34. The smallest absolute Gasteiger partial charge is 0.418 e. The van der Waals surface area contributed by atoms with Crippen LogP contribution in [0.25, 0.3) is 0 Å². The van der Waals surface area contributed by atoms with Gasteiger partial charge in [0.05, 0.1) is 28.6 Å². The molecule has 9 heteroatoms. The molecule has 0 atom stereocenters. The average molecular weight is 420 g/mol. The Balaban J connectivity index is 1.88. The molecule has 3 aromatic rings. The Kier molecular flexibility index (Phi) is 5.97. The quantitative estimate of drug-likeness (QED) is 0.533. The number of thioether (sulfide) groups is 1. The van der Waals surface area contributed by atoms with Gasteiger partial charge in [0.1, 0.15) is 6.26 Å². The summed E-state index contributed by atoms with van der Waals surface area (Å²) in [6, 6.07) is 11.2. The van der Waals surface area contributed by atoms with Gasteiger partial charge < -0.3 is 15.1 Å². The summed E-state index contributed by atoms with van der Waals surface area (Å²) in [6.45, 7) is 0. The molecule has 0 unspecified atom stereocenters. The third-order valence-corrected chi connectivity index (χ3v) is 4.76. The minimum atomic E-state index is -4.74. The van der Waals surface area contributed by atoms with Crippen LogP contribution in [0.15, 0.2) is 70.4 Å². The normalized spacial score (nSPS) is 11.2. The zero-order chi connectivity index (χ0) is 21.0. The summed E-state index contributed by atoms with van der Waals surface area (Å²) in [5, 5.41) is 4.69. The monoisotopic (exact) mass is 420 g/mol.